The van der Waals surface area contributed by atoms with E-state index in [1.54, 1.807) is 54.1 Å². The van der Waals surface area contributed by atoms with Gasteiger partial charge in [0.2, 0.25) is 5.76 Å². The molecule has 2 aromatic heterocycles. The molecule has 0 saturated carbocycles. The number of anilines is 2. The van der Waals surface area contributed by atoms with Crippen LogP contribution in [0.25, 0.3) is 11.0 Å². The van der Waals surface area contributed by atoms with E-state index in [-0.39, 0.29) is 34.0 Å². The topological polar surface area (TPSA) is 83.7 Å². The first-order valence-corrected chi connectivity index (χ1v) is 11.3. The lowest BCUT2D eigenvalue weighted by molar-refractivity contribution is -0.121. The number of nitrogens with zero attached hydrogens (tertiary/aromatic N) is 3. The van der Waals surface area contributed by atoms with Crippen molar-refractivity contribution in [3.8, 4) is 0 Å². The summed E-state index contributed by atoms with van der Waals surface area (Å²) in [6.45, 7) is 3.97. The number of carbonyl (C=O) groups excluding carboxylic acids is 2. The van der Waals surface area contributed by atoms with Crippen molar-refractivity contribution in [2.45, 2.75) is 5.54 Å². The summed E-state index contributed by atoms with van der Waals surface area (Å²) in [5.41, 5.74) is -0.940. The average Bonchev–Trinajstić information content (AvgIpc) is 3.48. The van der Waals surface area contributed by atoms with Crippen LogP contribution in [-0.4, -0.2) is 23.3 Å². The van der Waals surface area contributed by atoms with Gasteiger partial charge in [0.15, 0.2) is 16.1 Å². The standard InChI is InChI=1S/C24H14ClN3O4S/c1-2-10-27-16-6-4-3-5-15(16)24(22(27)31)18-19(29)14-12-13(25)7-8-17(14)32-20(18)21(30)28(24)23-26-9-11-33-23/h2-9,11-12H,1,10H2. The van der Waals surface area contributed by atoms with Crippen LogP contribution < -0.4 is 15.2 Å². The first kappa shape index (κ1) is 19.9. The molecule has 33 heavy (non-hydrogen) atoms. The molecule has 0 fully saturated rings. The molecule has 1 atom stereocenters. The van der Waals surface area contributed by atoms with Crippen LogP contribution in [0, 0.1) is 0 Å². The van der Waals surface area contributed by atoms with Crippen LogP contribution in [-0.2, 0) is 10.3 Å². The maximum Gasteiger partial charge on any atom is 0.297 e. The van der Waals surface area contributed by atoms with Gasteiger partial charge in [-0.25, -0.2) is 4.98 Å². The molecule has 6 rings (SSSR count). The van der Waals surface area contributed by atoms with Crippen molar-refractivity contribution in [1.82, 2.24) is 4.98 Å². The summed E-state index contributed by atoms with van der Waals surface area (Å²) in [4.78, 5) is 49.0. The predicted molar refractivity (Wildman–Crippen MR) is 126 cm³/mol. The second-order valence-corrected chi connectivity index (χ2v) is 8.97. The van der Waals surface area contributed by atoms with Crippen molar-refractivity contribution in [3.63, 3.8) is 0 Å². The van der Waals surface area contributed by atoms with Gasteiger partial charge < -0.3 is 9.32 Å². The molecule has 0 aliphatic carbocycles. The smallest absolute Gasteiger partial charge is 0.297 e. The molecule has 7 nitrogen and oxygen atoms in total. The Morgan fingerprint density at radius 1 is 1.18 bits per heavy atom. The molecule has 2 aromatic carbocycles. The van der Waals surface area contributed by atoms with Crippen LogP contribution in [0.4, 0.5) is 10.8 Å². The minimum atomic E-state index is -1.75. The third-order valence-electron chi connectivity index (χ3n) is 6.01. The van der Waals surface area contributed by atoms with Gasteiger partial charge in [-0.15, -0.1) is 17.9 Å². The Morgan fingerprint density at radius 3 is 2.76 bits per heavy atom. The minimum absolute atomic E-state index is 0.0264. The SMILES string of the molecule is C=CCN1C(=O)C2(c3ccccc31)c1c(oc3ccc(Cl)cc3c1=O)C(=O)N2c1nccs1. The van der Waals surface area contributed by atoms with Crippen molar-refractivity contribution < 1.29 is 14.0 Å². The van der Waals surface area contributed by atoms with Crippen molar-refractivity contribution in [1.29, 1.82) is 0 Å². The van der Waals surface area contributed by atoms with Crippen LogP contribution in [0.1, 0.15) is 21.7 Å². The van der Waals surface area contributed by atoms with Crippen LogP contribution in [0.3, 0.4) is 0 Å². The average molecular weight is 476 g/mol. The Hall–Kier alpha value is -3.75. The third kappa shape index (κ3) is 2.39. The van der Waals surface area contributed by atoms with Crippen LogP contribution in [0.2, 0.25) is 5.02 Å². The van der Waals surface area contributed by atoms with Crippen LogP contribution in [0.5, 0.6) is 0 Å². The Kier molecular flexibility index (Phi) is 4.14. The van der Waals surface area contributed by atoms with Crippen molar-refractivity contribution in [3.05, 3.63) is 98.8 Å². The van der Waals surface area contributed by atoms with Crippen molar-refractivity contribution >= 4 is 56.5 Å². The molecule has 2 aliphatic rings. The number of hydrogen-bond acceptors (Lipinski definition) is 6. The quantitative estimate of drug-likeness (QED) is 0.411. The fraction of sp³-hybridized carbons (Fsp3) is 0.0833. The van der Waals surface area contributed by atoms with Crippen LogP contribution in [0.15, 0.2) is 75.9 Å². The van der Waals surface area contributed by atoms with E-state index in [9.17, 15) is 14.4 Å². The van der Waals surface area contributed by atoms with E-state index in [1.165, 1.54) is 27.2 Å². The number of benzene rings is 2. The van der Waals surface area contributed by atoms with Gasteiger partial charge in [0.05, 0.1) is 16.6 Å². The summed E-state index contributed by atoms with van der Waals surface area (Å²) < 4.78 is 5.96. The Morgan fingerprint density at radius 2 is 2.00 bits per heavy atom. The fourth-order valence-corrected chi connectivity index (χ4v) is 5.63. The number of carbonyl (C=O) groups is 2. The highest BCUT2D eigenvalue weighted by Gasteiger charge is 2.66. The fourth-order valence-electron chi connectivity index (χ4n) is 4.77. The minimum Gasteiger partial charge on any atom is -0.450 e. The van der Waals surface area contributed by atoms with E-state index < -0.39 is 22.8 Å². The molecule has 1 spiro atoms. The maximum absolute atomic E-state index is 14.2. The summed E-state index contributed by atoms with van der Waals surface area (Å²) in [6.07, 6.45) is 3.14. The number of rotatable bonds is 3. The van der Waals surface area contributed by atoms with Gasteiger partial charge in [-0.2, -0.15) is 0 Å². The molecule has 0 bridgehead atoms. The maximum atomic E-state index is 14.2. The Balaban J connectivity index is 1.80. The molecule has 0 N–H and O–H groups in total. The molecule has 1 unspecified atom stereocenters. The second-order valence-electron chi connectivity index (χ2n) is 7.66. The van der Waals surface area contributed by atoms with Gasteiger partial charge >= 0.3 is 0 Å². The largest absolute Gasteiger partial charge is 0.450 e. The van der Waals surface area contributed by atoms with E-state index >= 15 is 0 Å². The Bertz CT molecular complexity index is 1560. The molecule has 4 aromatic rings. The summed E-state index contributed by atoms with van der Waals surface area (Å²) in [5.74, 6) is -1.22. The lowest BCUT2D eigenvalue weighted by Gasteiger charge is -2.32. The molecular weight excluding hydrogens is 462 g/mol. The second kappa shape index (κ2) is 6.87. The van der Waals surface area contributed by atoms with Crippen molar-refractivity contribution in [2.24, 2.45) is 0 Å². The zero-order valence-corrected chi connectivity index (χ0v) is 18.5. The summed E-state index contributed by atoms with van der Waals surface area (Å²) in [5, 5.41) is 2.53. The Labute approximate surface area is 196 Å². The first-order valence-electron chi connectivity index (χ1n) is 10.0. The molecule has 162 valence electrons. The molecule has 0 radical (unpaired) electrons. The number of amides is 2. The summed E-state index contributed by atoms with van der Waals surface area (Å²) >= 11 is 7.35. The van der Waals surface area contributed by atoms with E-state index in [4.69, 9.17) is 16.0 Å². The van der Waals surface area contributed by atoms with E-state index in [0.29, 0.717) is 16.3 Å². The molecule has 4 heterocycles. The number of fused-ring (bicyclic) bond motifs is 5. The van der Waals surface area contributed by atoms with Gasteiger partial charge in [-0.05, 0) is 24.3 Å². The summed E-state index contributed by atoms with van der Waals surface area (Å²) in [6, 6.07) is 11.7. The van der Waals surface area contributed by atoms with Crippen molar-refractivity contribution in [2.75, 3.05) is 16.3 Å². The first-order chi connectivity index (χ1) is 16.0. The number of hydrogen-bond donors (Lipinski definition) is 0. The van der Waals surface area contributed by atoms with E-state index in [2.05, 4.69) is 11.6 Å². The van der Waals surface area contributed by atoms with Gasteiger partial charge in [0.25, 0.3) is 11.8 Å². The lowest BCUT2D eigenvalue weighted by atomic mass is 9.84. The van der Waals surface area contributed by atoms with Gasteiger partial charge in [-0.1, -0.05) is 35.9 Å². The molecule has 9 heteroatoms. The summed E-state index contributed by atoms with van der Waals surface area (Å²) in [7, 11) is 0. The van der Waals surface area contributed by atoms with Gasteiger partial charge in [-0.3, -0.25) is 19.3 Å². The van der Waals surface area contributed by atoms with Gasteiger partial charge in [0.1, 0.15) is 5.58 Å². The molecule has 2 aliphatic heterocycles. The predicted octanol–water partition coefficient (Wildman–Crippen LogP) is 4.34. The highest BCUT2D eigenvalue weighted by Crippen LogP contribution is 2.54. The highest BCUT2D eigenvalue weighted by atomic mass is 35.5. The van der Waals surface area contributed by atoms with E-state index in [0.717, 1.165) is 0 Å². The normalized spacial score (nSPS) is 18.9. The number of aromatic nitrogens is 1. The lowest BCUT2D eigenvalue weighted by Crippen LogP contribution is -2.53. The number of thiazole rings is 1. The highest BCUT2D eigenvalue weighted by molar-refractivity contribution is 7.13. The zero-order chi connectivity index (χ0) is 22.9. The molecule has 2 amide bonds. The van der Waals surface area contributed by atoms with E-state index in [1.807, 2.05) is 0 Å². The number of para-hydroxylation sites is 1. The monoisotopic (exact) mass is 475 g/mol. The number of halogens is 1. The van der Waals surface area contributed by atoms with Gasteiger partial charge in [0, 0.05) is 28.7 Å². The third-order valence-corrected chi connectivity index (χ3v) is 7.00. The zero-order valence-electron chi connectivity index (χ0n) is 16.9. The van der Waals surface area contributed by atoms with Crippen LogP contribution >= 0.6 is 22.9 Å². The molecule has 0 saturated heterocycles. The molecular formula is C24H14ClN3O4S.